The number of hydrogen-bond acceptors (Lipinski definition) is 3. The zero-order valence-corrected chi connectivity index (χ0v) is 11.4. The van der Waals surface area contributed by atoms with Gasteiger partial charge in [-0.15, -0.1) is 0 Å². The minimum Gasteiger partial charge on any atom is -0.479 e. The Labute approximate surface area is 112 Å². The molecule has 0 saturated carbocycles. The molecule has 4 nitrogen and oxygen atoms in total. The summed E-state index contributed by atoms with van der Waals surface area (Å²) in [5, 5.41) is 0.462. The van der Waals surface area contributed by atoms with Gasteiger partial charge in [0.05, 0.1) is 5.02 Å². The van der Waals surface area contributed by atoms with E-state index in [0.717, 1.165) is 18.4 Å². The summed E-state index contributed by atoms with van der Waals surface area (Å²) in [5.74, 6) is -0.0695. The van der Waals surface area contributed by atoms with Crippen LogP contribution in [-0.4, -0.2) is 18.1 Å². The normalized spacial score (nSPS) is 14.0. The maximum Gasteiger partial charge on any atom is 0.258 e. The van der Waals surface area contributed by atoms with Crippen molar-refractivity contribution in [1.29, 1.82) is 0 Å². The van der Waals surface area contributed by atoms with Crippen LogP contribution in [0.15, 0.2) is 18.2 Å². The molecule has 1 aromatic carbocycles. The number of rotatable bonds is 6. The fourth-order valence-corrected chi connectivity index (χ4v) is 1.71. The first-order valence-electron chi connectivity index (χ1n) is 5.94. The van der Waals surface area contributed by atoms with Crippen LogP contribution in [0.5, 0.6) is 5.75 Å². The average molecular weight is 271 g/mol. The van der Waals surface area contributed by atoms with Crippen LogP contribution in [0.4, 0.5) is 0 Å². The first-order valence-corrected chi connectivity index (χ1v) is 6.31. The zero-order chi connectivity index (χ0) is 13.7. The van der Waals surface area contributed by atoms with Crippen molar-refractivity contribution >= 4 is 17.5 Å². The van der Waals surface area contributed by atoms with Gasteiger partial charge in [0.25, 0.3) is 5.91 Å². The highest BCUT2D eigenvalue weighted by molar-refractivity contribution is 6.32. The summed E-state index contributed by atoms with van der Waals surface area (Å²) in [5.41, 5.74) is 12.1. The standard InChI is InChI=1S/C13H19ClN2O2/c1-3-10(15)6-9-4-5-12(11(14)7-9)18-8(2)13(16)17/h4-5,7-8,10H,3,6,15H2,1-2H3,(H2,16,17). The molecule has 0 radical (unpaired) electrons. The molecule has 2 atom stereocenters. The second-order valence-corrected chi connectivity index (χ2v) is 4.71. The van der Waals surface area contributed by atoms with Crippen molar-refractivity contribution in [2.75, 3.05) is 0 Å². The Kier molecular flexibility index (Phi) is 5.44. The summed E-state index contributed by atoms with van der Waals surface area (Å²) in [6.45, 7) is 3.62. The molecule has 100 valence electrons. The van der Waals surface area contributed by atoms with E-state index >= 15 is 0 Å². The predicted octanol–water partition coefficient (Wildman–Crippen LogP) is 1.87. The van der Waals surface area contributed by atoms with Crippen molar-refractivity contribution in [3.8, 4) is 5.75 Å². The number of ether oxygens (including phenoxy) is 1. The second kappa shape index (κ2) is 6.61. The van der Waals surface area contributed by atoms with Crippen LogP contribution in [-0.2, 0) is 11.2 Å². The third kappa shape index (κ3) is 4.20. The number of amides is 1. The van der Waals surface area contributed by atoms with Gasteiger partial charge in [0.2, 0.25) is 0 Å². The van der Waals surface area contributed by atoms with Crippen molar-refractivity contribution in [2.24, 2.45) is 11.5 Å². The molecular weight excluding hydrogens is 252 g/mol. The Hall–Kier alpha value is -1.26. The van der Waals surface area contributed by atoms with Gasteiger partial charge in [-0.05, 0) is 37.5 Å². The topological polar surface area (TPSA) is 78.3 Å². The summed E-state index contributed by atoms with van der Waals surface area (Å²) in [6, 6.07) is 5.56. The lowest BCUT2D eigenvalue weighted by Crippen LogP contribution is -2.30. The molecule has 0 aliphatic heterocycles. The Bertz CT molecular complexity index is 423. The summed E-state index contributed by atoms with van der Waals surface area (Å²) >= 11 is 6.09. The quantitative estimate of drug-likeness (QED) is 0.828. The summed E-state index contributed by atoms with van der Waals surface area (Å²) in [6.07, 6.45) is 0.974. The average Bonchev–Trinajstić information content (AvgIpc) is 2.32. The molecule has 1 rings (SSSR count). The van der Waals surface area contributed by atoms with Crippen LogP contribution in [0.3, 0.4) is 0 Å². The predicted molar refractivity (Wildman–Crippen MR) is 72.7 cm³/mol. The van der Waals surface area contributed by atoms with Crippen LogP contribution in [0, 0.1) is 0 Å². The second-order valence-electron chi connectivity index (χ2n) is 4.30. The molecule has 0 bridgehead atoms. The zero-order valence-electron chi connectivity index (χ0n) is 10.7. The lowest BCUT2D eigenvalue weighted by molar-refractivity contribution is -0.123. The first-order chi connectivity index (χ1) is 8.43. The maximum atomic E-state index is 10.9. The monoisotopic (exact) mass is 270 g/mol. The number of halogens is 1. The summed E-state index contributed by atoms with van der Waals surface area (Å²) in [4.78, 5) is 10.9. The molecule has 1 aromatic rings. The van der Waals surface area contributed by atoms with E-state index in [2.05, 4.69) is 0 Å². The SMILES string of the molecule is CCC(N)Cc1ccc(OC(C)C(N)=O)c(Cl)c1. The number of benzene rings is 1. The minimum atomic E-state index is -0.703. The fraction of sp³-hybridized carbons (Fsp3) is 0.462. The fourth-order valence-electron chi connectivity index (χ4n) is 1.46. The Morgan fingerprint density at radius 1 is 1.50 bits per heavy atom. The molecule has 0 aliphatic rings. The van der Waals surface area contributed by atoms with Crippen LogP contribution in [0.2, 0.25) is 5.02 Å². The van der Waals surface area contributed by atoms with Gasteiger partial charge in [-0.2, -0.15) is 0 Å². The third-order valence-corrected chi connectivity index (χ3v) is 3.02. The minimum absolute atomic E-state index is 0.123. The van der Waals surface area contributed by atoms with Crippen molar-refractivity contribution in [2.45, 2.75) is 38.8 Å². The Morgan fingerprint density at radius 3 is 2.67 bits per heavy atom. The van der Waals surface area contributed by atoms with E-state index < -0.39 is 12.0 Å². The van der Waals surface area contributed by atoms with Gasteiger partial charge in [-0.3, -0.25) is 4.79 Å². The van der Waals surface area contributed by atoms with Gasteiger partial charge in [-0.25, -0.2) is 0 Å². The molecule has 2 unspecified atom stereocenters. The lowest BCUT2D eigenvalue weighted by atomic mass is 10.0. The highest BCUT2D eigenvalue weighted by Gasteiger charge is 2.13. The van der Waals surface area contributed by atoms with Crippen LogP contribution in [0.1, 0.15) is 25.8 Å². The molecule has 0 saturated heterocycles. The van der Waals surface area contributed by atoms with Gasteiger partial charge in [0.15, 0.2) is 6.10 Å². The van der Waals surface area contributed by atoms with Crippen molar-refractivity contribution < 1.29 is 9.53 Å². The molecular formula is C13H19ClN2O2. The molecule has 0 heterocycles. The highest BCUT2D eigenvalue weighted by Crippen LogP contribution is 2.26. The van der Waals surface area contributed by atoms with E-state index in [9.17, 15) is 4.79 Å². The molecule has 0 aliphatic carbocycles. The molecule has 0 spiro atoms. The molecule has 0 fully saturated rings. The van der Waals surface area contributed by atoms with E-state index in [1.807, 2.05) is 13.0 Å². The van der Waals surface area contributed by atoms with Gasteiger partial charge in [0.1, 0.15) is 5.75 Å². The third-order valence-electron chi connectivity index (χ3n) is 2.72. The number of primary amides is 1. The first kappa shape index (κ1) is 14.8. The molecule has 4 N–H and O–H groups in total. The van der Waals surface area contributed by atoms with Crippen LogP contribution in [0.25, 0.3) is 0 Å². The number of carbonyl (C=O) groups excluding carboxylic acids is 1. The van der Waals surface area contributed by atoms with Crippen LogP contribution >= 0.6 is 11.6 Å². The summed E-state index contributed by atoms with van der Waals surface area (Å²) < 4.78 is 5.36. The van der Waals surface area contributed by atoms with Crippen molar-refractivity contribution in [1.82, 2.24) is 0 Å². The van der Waals surface area contributed by atoms with Crippen LogP contribution < -0.4 is 16.2 Å². The van der Waals surface area contributed by atoms with Crippen molar-refractivity contribution in [3.63, 3.8) is 0 Å². The van der Waals surface area contributed by atoms with Crippen molar-refractivity contribution in [3.05, 3.63) is 28.8 Å². The summed E-state index contributed by atoms with van der Waals surface area (Å²) in [7, 11) is 0. The van der Waals surface area contributed by atoms with Gasteiger partial charge in [0, 0.05) is 6.04 Å². The molecule has 0 aromatic heterocycles. The van der Waals surface area contributed by atoms with E-state index in [1.54, 1.807) is 19.1 Å². The Balaban J connectivity index is 2.76. The van der Waals surface area contributed by atoms with E-state index in [1.165, 1.54) is 0 Å². The van der Waals surface area contributed by atoms with E-state index in [-0.39, 0.29) is 6.04 Å². The maximum absolute atomic E-state index is 10.9. The molecule has 1 amide bonds. The lowest BCUT2D eigenvalue weighted by Gasteiger charge is -2.14. The van der Waals surface area contributed by atoms with Gasteiger partial charge >= 0.3 is 0 Å². The van der Waals surface area contributed by atoms with Gasteiger partial charge < -0.3 is 16.2 Å². The number of nitrogens with two attached hydrogens (primary N) is 2. The smallest absolute Gasteiger partial charge is 0.258 e. The highest BCUT2D eigenvalue weighted by atomic mass is 35.5. The van der Waals surface area contributed by atoms with E-state index in [4.69, 9.17) is 27.8 Å². The number of carbonyl (C=O) groups is 1. The molecule has 5 heteroatoms. The van der Waals surface area contributed by atoms with E-state index in [0.29, 0.717) is 10.8 Å². The Morgan fingerprint density at radius 2 is 2.17 bits per heavy atom. The number of hydrogen-bond donors (Lipinski definition) is 2. The largest absolute Gasteiger partial charge is 0.479 e. The van der Waals surface area contributed by atoms with Gasteiger partial charge in [-0.1, -0.05) is 24.6 Å². The molecule has 18 heavy (non-hydrogen) atoms.